The first-order valence-electron chi connectivity index (χ1n) is 6.97. The van der Waals surface area contributed by atoms with Gasteiger partial charge in [0.2, 0.25) is 5.95 Å². The summed E-state index contributed by atoms with van der Waals surface area (Å²) in [5, 5.41) is 0. The fourth-order valence-electron chi connectivity index (χ4n) is 2.91. The van der Waals surface area contributed by atoms with E-state index >= 15 is 0 Å². The van der Waals surface area contributed by atoms with Gasteiger partial charge in [-0.1, -0.05) is 38.5 Å². The van der Waals surface area contributed by atoms with Gasteiger partial charge >= 0.3 is 0 Å². The van der Waals surface area contributed by atoms with Crippen LogP contribution in [-0.4, -0.2) is 19.9 Å². The predicted octanol–water partition coefficient (Wildman–Crippen LogP) is 1.74. The Hall–Kier alpha value is -1.85. The van der Waals surface area contributed by atoms with Gasteiger partial charge < -0.3 is 10.7 Å². The number of hydrogen-bond acceptors (Lipinski definition) is 4. The van der Waals surface area contributed by atoms with E-state index in [-0.39, 0.29) is 11.5 Å². The largest absolute Gasteiger partial charge is 0.369 e. The SMILES string of the molecule is Nc1nc2nc(CC3CCCCCC3)[nH]c2c(=O)[nH]1. The third-order valence-electron chi connectivity index (χ3n) is 3.89. The number of rotatable bonds is 2. The Kier molecular flexibility index (Phi) is 3.23. The molecule has 2 heterocycles. The molecule has 0 unspecified atom stereocenters. The molecule has 0 radical (unpaired) electrons. The molecule has 0 amide bonds. The number of fused-ring (bicyclic) bond motifs is 1. The summed E-state index contributed by atoms with van der Waals surface area (Å²) >= 11 is 0. The van der Waals surface area contributed by atoms with Crippen LogP contribution in [0.5, 0.6) is 0 Å². The maximum atomic E-state index is 11.7. The minimum Gasteiger partial charge on any atom is -0.369 e. The van der Waals surface area contributed by atoms with Crippen LogP contribution in [0.25, 0.3) is 11.2 Å². The van der Waals surface area contributed by atoms with Gasteiger partial charge in [0.1, 0.15) is 5.82 Å². The zero-order chi connectivity index (χ0) is 13.2. The highest BCUT2D eigenvalue weighted by molar-refractivity contribution is 5.70. The Labute approximate surface area is 110 Å². The number of anilines is 1. The third-order valence-corrected chi connectivity index (χ3v) is 3.89. The van der Waals surface area contributed by atoms with E-state index in [0.29, 0.717) is 17.1 Å². The van der Waals surface area contributed by atoms with Gasteiger partial charge in [0.25, 0.3) is 5.56 Å². The van der Waals surface area contributed by atoms with Crippen LogP contribution in [0, 0.1) is 5.92 Å². The summed E-state index contributed by atoms with van der Waals surface area (Å²) in [6, 6.07) is 0. The van der Waals surface area contributed by atoms with E-state index in [1.54, 1.807) is 0 Å². The molecule has 0 aliphatic heterocycles. The van der Waals surface area contributed by atoms with Gasteiger partial charge in [0.15, 0.2) is 11.2 Å². The van der Waals surface area contributed by atoms with Crippen molar-refractivity contribution in [1.82, 2.24) is 19.9 Å². The normalized spacial score (nSPS) is 17.7. The molecule has 4 N–H and O–H groups in total. The summed E-state index contributed by atoms with van der Waals surface area (Å²) in [6.07, 6.45) is 8.69. The van der Waals surface area contributed by atoms with Crippen molar-refractivity contribution < 1.29 is 0 Å². The molecule has 0 saturated heterocycles. The second kappa shape index (κ2) is 5.03. The number of nitrogens with two attached hydrogens (primary N) is 1. The summed E-state index contributed by atoms with van der Waals surface area (Å²) in [7, 11) is 0. The first-order chi connectivity index (χ1) is 9.22. The monoisotopic (exact) mass is 261 g/mol. The summed E-state index contributed by atoms with van der Waals surface area (Å²) in [6.45, 7) is 0. The standard InChI is InChI=1S/C13H19N5O/c14-13-17-11-10(12(19)18-13)15-9(16-11)7-8-5-3-1-2-4-6-8/h8H,1-7H2,(H4,14,15,16,17,18,19). The molecule has 1 saturated carbocycles. The van der Waals surface area contributed by atoms with Crippen LogP contribution >= 0.6 is 0 Å². The van der Waals surface area contributed by atoms with Gasteiger partial charge in [-0.3, -0.25) is 9.78 Å². The van der Waals surface area contributed by atoms with Gasteiger partial charge in [-0.2, -0.15) is 4.98 Å². The van der Waals surface area contributed by atoms with E-state index in [1.165, 1.54) is 38.5 Å². The minimum absolute atomic E-state index is 0.116. The number of hydrogen-bond donors (Lipinski definition) is 3. The lowest BCUT2D eigenvalue weighted by Crippen LogP contribution is -2.11. The van der Waals surface area contributed by atoms with Gasteiger partial charge in [0, 0.05) is 6.42 Å². The van der Waals surface area contributed by atoms with Crippen LogP contribution in [0.3, 0.4) is 0 Å². The zero-order valence-corrected chi connectivity index (χ0v) is 10.9. The summed E-state index contributed by atoms with van der Waals surface area (Å²) in [5.41, 5.74) is 6.12. The van der Waals surface area contributed by atoms with Crippen LogP contribution < -0.4 is 11.3 Å². The molecule has 0 bridgehead atoms. The topological polar surface area (TPSA) is 100 Å². The highest BCUT2D eigenvalue weighted by atomic mass is 16.1. The van der Waals surface area contributed by atoms with E-state index in [2.05, 4.69) is 19.9 Å². The van der Waals surface area contributed by atoms with E-state index < -0.39 is 0 Å². The Morgan fingerprint density at radius 1 is 1.11 bits per heavy atom. The van der Waals surface area contributed by atoms with Crippen molar-refractivity contribution in [3.63, 3.8) is 0 Å². The van der Waals surface area contributed by atoms with Crippen molar-refractivity contribution in [3.05, 3.63) is 16.2 Å². The average Bonchev–Trinajstić information content (AvgIpc) is 2.58. The molecule has 0 spiro atoms. The minimum atomic E-state index is -0.248. The molecule has 3 rings (SSSR count). The highest BCUT2D eigenvalue weighted by Gasteiger charge is 2.16. The van der Waals surface area contributed by atoms with Crippen LogP contribution in [0.15, 0.2) is 4.79 Å². The Morgan fingerprint density at radius 2 is 1.84 bits per heavy atom. The molecule has 6 heteroatoms. The van der Waals surface area contributed by atoms with Gasteiger partial charge in [0.05, 0.1) is 0 Å². The maximum absolute atomic E-state index is 11.7. The molecule has 1 fully saturated rings. The third kappa shape index (κ3) is 2.62. The van der Waals surface area contributed by atoms with E-state index in [9.17, 15) is 4.79 Å². The molecule has 102 valence electrons. The lowest BCUT2D eigenvalue weighted by atomic mass is 9.96. The molecule has 0 atom stereocenters. The maximum Gasteiger partial charge on any atom is 0.278 e. The first kappa shape index (κ1) is 12.2. The lowest BCUT2D eigenvalue weighted by molar-refractivity contribution is 0.450. The lowest BCUT2D eigenvalue weighted by Gasteiger charge is -2.11. The summed E-state index contributed by atoms with van der Waals surface area (Å²) in [4.78, 5) is 25.7. The summed E-state index contributed by atoms with van der Waals surface area (Å²) < 4.78 is 0. The number of nitrogens with zero attached hydrogens (tertiary/aromatic N) is 2. The number of imidazole rings is 1. The number of aromatic nitrogens is 4. The fourth-order valence-corrected chi connectivity index (χ4v) is 2.91. The first-order valence-corrected chi connectivity index (χ1v) is 6.97. The van der Waals surface area contributed by atoms with E-state index in [0.717, 1.165) is 12.2 Å². The number of H-pyrrole nitrogens is 2. The number of nitrogens with one attached hydrogen (secondary N) is 2. The highest BCUT2D eigenvalue weighted by Crippen LogP contribution is 2.25. The molecule has 6 nitrogen and oxygen atoms in total. The fraction of sp³-hybridized carbons (Fsp3) is 0.615. The second-order valence-electron chi connectivity index (χ2n) is 5.39. The van der Waals surface area contributed by atoms with Crippen molar-refractivity contribution >= 4 is 17.1 Å². The second-order valence-corrected chi connectivity index (χ2v) is 5.39. The van der Waals surface area contributed by atoms with Crippen LogP contribution in [-0.2, 0) is 6.42 Å². The van der Waals surface area contributed by atoms with E-state index in [1.807, 2.05) is 0 Å². The molecule has 19 heavy (non-hydrogen) atoms. The molecule has 2 aromatic rings. The molecular formula is C13H19N5O. The quantitative estimate of drug-likeness (QED) is 0.717. The van der Waals surface area contributed by atoms with Crippen molar-refractivity contribution in [2.24, 2.45) is 5.92 Å². The van der Waals surface area contributed by atoms with Crippen LogP contribution in [0.1, 0.15) is 44.3 Å². The Morgan fingerprint density at radius 3 is 2.58 bits per heavy atom. The van der Waals surface area contributed by atoms with Crippen molar-refractivity contribution in [3.8, 4) is 0 Å². The van der Waals surface area contributed by atoms with Crippen LogP contribution in [0.2, 0.25) is 0 Å². The molecule has 1 aliphatic rings. The van der Waals surface area contributed by atoms with Crippen LogP contribution in [0.4, 0.5) is 5.95 Å². The van der Waals surface area contributed by atoms with Crippen molar-refractivity contribution in [2.45, 2.75) is 44.9 Å². The zero-order valence-electron chi connectivity index (χ0n) is 10.9. The number of nitrogen functional groups attached to an aromatic ring is 1. The Balaban J connectivity index is 1.85. The van der Waals surface area contributed by atoms with Crippen molar-refractivity contribution in [1.29, 1.82) is 0 Å². The van der Waals surface area contributed by atoms with Gasteiger partial charge in [-0.15, -0.1) is 0 Å². The molecular weight excluding hydrogens is 242 g/mol. The van der Waals surface area contributed by atoms with E-state index in [4.69, 9.17) is 5.73 Å². The Bertz CT molecular complexity index is 621. The van der Waals surface area contributed by atoms with Gasteiger partial charge in [-0.25, -0.2) is 4.98 Å². The smallest absolute Gasteiger partial charge is 0.278 e. The molecule has 0 aromatic carbocycles. The van der Waals surface area contributed by atoms with Gasteiger partial charge in [-0.05, 0) is 5.92 Å². The predicted molar refractivity (Wildman–Crippen MR) is 73.8 cm³/mol. The summed E-state index contributed by atoms with van der Waals surface area (Å²) in [5.74, 6) is 1.63. The number of aromatic amines is 2. The average molecular weight is 261 g/mol. The molecule has 2 aromatic heterocycles. The van der Waals surface area contributed by atoms with Crippen molar-refractivity contribution in [2.75, 3.05) is 5.73 Å². The molecule has 1 aliphatic carbocycles.